The Balaban J connectivity index is 2.39. The third-order valence-electron chi connectivity index (χ3n) is 2.98. The molecule has 1 rings (SSSR count). The first-order valence-corrected chi connectivity index (χ1v) is 5.96. The molecule has 1 amide bonds. The molecule has 0 aliphatic carbocycles. The van der Waals surface area contributed by atoms with Crippen LogP contribution in [0.3, 0.4) is 0 Å². The molecule has 1 aromatic rings. The summed E-state index contributed by atoms with van der Waals surface area (Å²) in [7, 11) is 1.86. The van der Waals surface area contributed by atoms with E-state index < -0.39 is 0 Å². The number of rotatable bonds is 6. The third-order valence-corrected chi connectivity index (χ3v) is 2.98. The van der Waals surface area contributed by atoms with E-state index in [0.717, 1.165) is 31.6 Å². The number of likely N-dealkylation sites (N-methyl/N-ethyl adjacent to an activating group) is 1. The predicted molar refractivity (Wildman–Crippen MR) is 64.1 cm³/mol. The van der Waals surface area contributed by atoms with E-state index in [4.69, 9.17) is 4.42 Å². The fourth-order valence-corrected chi connectivity index (χ4v) is 1.79. The lowest BCUT2D eigenvalue weighted by Gasteiger charge is -2.21. The maximum Gasteiger partial charge on any atom is 0.225 e. The summed E-state index contributed by atoms with van der Waals surface area (Å²) in [5.41, 5.74) is 0. The third kappa shape index (κ3) is 3.40. The number of hydrogen-bond acceptors (Lipinski definition) is 2. The van der Waals surface area contributed by atoms with Crippen LogP contribution in [0.25, 0.3) is 0 Å². The van der Waals surface area contributed by atoms with Gasteiger partial charge in [0.25, 0.3) is 0 Å². The summed E-state index contributed by atoms with van der Waals surface area (Å²) >= 11 is 0. The molecule has 0 bridgehead atoms. The summed E-state index contributed by atoms with van der Waals surface area (Å²) in [5, 5.41) is 0. The smallest absolute Gasteiger partial charge is 0.225 e. The summed E-state index contributed by atoms with van der Waals surface area (Å²) < 4.78 is 5.24. The Bertz CT molecular complexity index is 302. The fraction of sp³-hybridized carbons (Fsp3) is 0.615. The Hall–Kier alpha value is -1.25. The van der Waals surface area contributed by atoms with Gasteiger partial charge in [0, 0.05) is 25.9 Å². The first-order valence-electron chi connectivity index (χ1n) is 5.96. The van der Waals surface area contributed by atoms with Crippen LogP contribution in [0.1, 0.15) is 32.4 Å². The van der Waals surface area contributed by atoms with Crippen molar-refractivity contribution in [1.82, 2.24) is 4.90 Å². The minimum atomic E-state index is 0.168. The largest absolute Gasteiger partial charge is 0.469 e. The van der Waals surface area contributed by atoms with Crippen LogP contribution in [0.15, 0.2) is 22.8 Å². The first-order chi connectivity index (χ1) is 7.69. The number of nitrogens with zero attached hydrogens (tertiary/aromatic N) is 1. The molecule has 0 atom stereocenters. The Morgan fingerprint density at radius 2 is 2.12 bits per heavy atom. The lowest BCUT2D eigenvalue weighted by atomic mass is 10.0. The van der Waals surface area contributed by atoms with E-state index in [-0.39, 0.29) is 11.8 Å². The second-order valence-electron chi connectivity index (χ2n) is 4.10. The maximum absolute atomic E-state index is 12.0. The Kier molecular flexibility index (Phi) is 5.09. The lowest BCUT2D eigenvalue weighted by Crippen LogP contribution is -2.33. The summed E-state index contributed by atoms with van der Waals surface area (Å²) in [6.07, 6.45) is 4.29. The van der Waals surface area contributed by atoms with Crippen LogP contribution in [0.2, 0.25) is 0 Å². The van der Waals surface area contributed by atoms with E-state index in [1.807, 2.05) is 19.2 Å². The van der Waals surface area contributed by atoms with Crippen LogP contribution in [0.5, 0.6) is 0 Å². The zero-order valence-corrected chi connectivity index (χ0v) is 10.4. The van der Waals surface area contributed by atoms with Gasteiger partial charge in [-0.1, -0.05) is 13.8 Å². The van der Waals surface area contributed by atoms with Gasteiger partial charge in [0.2, 0.25) is 5.91 Å². The number of hydrogen-bond donors (Lipinski definition) is 0. The lowest BCUT2D eigenvalue weighted by molar-refractivity contribution is -0.134. The fourth-order valence-electron chi connectivity index (χ4n) is 1.79. The summed E-state index contributed by atoms with van der Waals surface area (Å²) in [6.45, 7) is 4.85. The zero-order valence-electron chi connectivity index (χ0n) is 10.4. The molecule has 1 aromatic heterocycles. The standard InChI is InChI=1S/C13H21NO2/c1-4-11(5-2)13(15)14(3)9-8-12-7-6-10-16-12/h6-7,10-11H,4-5,8-9H2,1-3H3. The van der Waals surface area contributed by atoms with E-state index in [1.165, 1.54) is 0 Å². The molecule has 0 N–H and O–H groups in total. The van der Waals surface area contributed by atoms with Crippen molar-refractivity contribution in [3.63, 3.8) is 0 Å². The van der Waals surface area contributed by atoms with Gasteiger partial charge in [0.05, 0.1) is 6.26 Å². The van der Waals surface area contributed by atoms with Crippen LogP contribution in [-0.4, -0.2) is 24.4 Å². The molecule has 0 saturated carbocycles. The van der Waals surface area contributed by atoms with Crippen molar-refractivity contribution in [3.05, 3.63) is 24.2 Å². The van der Waals surface area contributed by atoms with Gasteiger partial charge in [-0.3, -0.25) is 4.79 Å². The minimum absolute atomic E-state index is 0.168. The highest BCUT2D eigenvalue weighted by molar-refractivity contribution is 5.78. The van der Waals surface area contributed by atoms with Gasteiger partial charge in [0.1, 0.15) is 5.76 Å². The predicted octanol–water partition coefficient (Wildman–Crippen LogP) is 2.72. The molecule has 0 saturated heterocycles. The van der Waals surface area contributed by atoms with Crippen molar-refractivity contribution in [3.8, 4) is 0 Å². The molecular weight excluding hydrogens is 202 g/mol. The normalized spacial score (nSPS) is 10.8. The summed E-state index contributed by atoms with van der Waals surface area (Å²) in [5.74, 6) is 1.35. The van der Waals surface area contributed by atoms with Gasteiger partial charge in [0.15, 0.2) is 0 Å². The van der Waals surface area contributed by atoms with Gasteiger partial charge < -0.3 is 9.32 Å². The SMILES string of the molecule is CCC(CC)C(=O)N(C)CCc1ccco1. The van der Waals surface area contributed by atoms with E-state index in [0.29, 0.717) is 0 Å². The quantitative estimate of drug-likeness (QED) is 0.743. The number of carbonyl (C=O) groups is 1. The molecule has 0 spiro atoms. The number of amides is 1. The molecule has 0 radical (unpaired) electrons. The van der Waals surface area contributed by atoms with Crippen LogP contribution >= 0.6 is 0 Å². The minimum Gasteiger partial charge on any atom is -0.469 e. The maximum atomic E-state index is 12.0. The first kappa shape index (κ1) is 12.8. The van der Waals surface area contributed by atoms with Gasteiger partial charge >= 0.3 is 0 Å². The summed E-state index contributed by atoms with van der Waals surface area (Å²) in [6, 6.07) is 3.81. The summed E-state index contributed by atoms with van der Waals surface area (Å²) in [4.78, 5) is 13.8. The molecule has 0 aliphatic rings. The molecule has 0 aliphatic heterocycles. The van der Waals surface area contributed by atoms with Gasteiger partial charge in [-0.15, -0.1) is 0 Å². The van der Waals surface area contributed by atoms with Crippen molar-refractivity contribution in [2.75, 3.05) is 13.6 Å². The monoisotopic (exact) mass is 223 g/mol. The van der Waals surface area contributed by atoms with Crippen molar-refractivity contribution >= 4 is 5.91 Å². The second-order valence-corrected chi connectivity index (χ2v) is 4.10. The van der Waals surface area contributed by atoms with Gasteiger partial charge in [-0.2, -0.15) is 0 Å². The van der Waals surface area contributed by atoms with Crippen molar-refractivity contribution in [2.24, 2.45) is 5.92 Å². The van der Waals surface area contributed by atoms with Crippen molar-refractivity contribution in [1.29, 1.82) is 0 Å². The molecule has 0 unspecified atom stereocenters. The average molecular weight is 223 g/mol. The molecule has 3 heteroatoms. The van der Waals surface area contributed by atoms with E-state index in [2.05, 4.69) is 13.8 Å². The number of carbonyl (C=O) groups excluding carboxylic acids is 1. The highest BCUT2D eigenvalue weighted by Crippen LogP contribution is 2.11. The van der Waals surface area contributed by atoms with Gasteiger partial charge in [-0.05, 0) is 25.0 Å². The van der Waals surface area contributed by atoms with E-state index in [9.17, 15) is 4.79 Å². The zero-order chi connectivity index (χ0) is 12.0. The molecular formula is C13H21NO2. The topological polar surface area (TPSA) is 33.5 Å². The van der Waals surface area contributed by atoms with Crippen LogP contribution in [0.4, 0.5) is 0 Å². The molecule has 16 heavy (non-hydrogen) atoms. The molecule has 0 aromatic carbocycles. The highest BCUT2D eigenvalue weighted by atomic mass is 16.3. The Morgan fingerprint density at radius 1 is 1.44 bits per heavy atom. The molecule has 0 fully saturated rings. The van der Waals surface area contributed by atoms with Crippen LogP contribution in [-0.2, 0) is 11.2 Å². The van der Waals surface area contributed by atoms with Crippen LogP contribution < -0.4 is 0 Å². The second kappa shape index (κ2) is 6.36. The Labute approximate surface area is 97.4 Å². The van der Waals surface area contributed by atoms with E-state index in [1.54, 1.807) is 11.2 Å². The van der Waals surface area contributed by atoms with Crippen LogP contribution in [0, 0.1) is 5.92 Å². The molecule has 1 heterocycles. The van der Waals surface area contributed by atoms with Crippen molar-refractivity contribution in [2.45, 2.75) is 33.1 Å². The Morgan fingerprint density at radius 3 is 2.62 bits per heavy atom. The molecule has 90 valence electrons. The molecule has 3 nitrogen and oxygen atoms in total. The highest BCUT2D eigenvalue weighted by Gasteiger charge is 2.18. The van der Waals surface area contributed by atoms with Gasteiger partial charge in [-0.25, -0.2) is 0 Å². The number of furan rings is 1. The average Bonchev–Trinajstić information content (AvgIpc) is 2.80. The van der Waals surface area contributed by atoms with E-state index >= 15 is 0 Å². The van der Waals surface area contributed by atoms with Crippen molar-refractivity contribution < 1.29 is 9.21 Å².